The number of rotatable bonds is 4. The van der Waals surface area contributed by atoms with Gasteiger partial charge in [-0.2, -0.15) is 22.1 Å². The van der Waals surface area contributed by atoms with Gasteiger partial charge in [0.1, 0.15) is 11.3 Å². The van der Waals surface area contributed by atoms with Crippen LogP contribution in [0.2, 0.25) is 0 Å². The summed E-state index contributed by atoms with van der Waals surface area (Å²) in [5.74, 6) is 0.167. The van der Waals surface area contributed by atoms with Gasteiger partial charge in [-0.15, -0.1) is 5.10 Å². The summed E-state index contributed by atoms with van der Waals surface area (Å²) in [5.41, 5.74) is 5.96. The molecule has 0 radical (unpaired) electrons. The second-order valence-electron chi connectivity index (χ2n) is 4.62. The quantitative estimate of drug-likeness (QED) is 0.786. The monoisotopic (exact) mass is 258 g/mol. The van der Waals surface area contributed by atoms with E-state index in [4.69, 9.17) is 10.5 Å². The van der Waals surface area contributed by atoms with E-state index in [9.17, 15) is 4.79 Å². The van der Waals surface area contributed by atoms with Crippen molar-refractivity contribution in [3.05, 3.63) is 11.4 Å². The number of nitrogens with one attached hydrogen (secondary N) is 1. The lowest BCUT2D eigenvalue weighted by Crippen LogP contribution is -2.26. The molecule has 0 fully saturated rings. The molecule has 0 aliphatic rings. The summed E-state index contributed by atoms with van der Waals surface area (Å²) in [4.78, 5) is 11.8. The summed E-state index contributed by atoms with van der Waals surface area (Å²) >= 11 is 1.58. The van der Waals surface area contributed by atoms with Crippen LogP contribution in [0, 0.1) is 0 Å². The fraction of sp³-hybridized carbons (Fsp3) is 0.700. The van der Waals surface area contributed by atoms with Gasteiger partial charge in [-0.05, 0) is 27.0 Å². The van der Waals surface area contributed by atoms with E-state index in [1.54, 1.807) is 32.5 Å². The smallest absolute Gasteiger partial charge is 0.361 e. The van der Waals surface area contributed by atoms with Gasteiger partial charge in [0, 0.05) is 5.75 Å². The number of nitrogens with two attached hydrogens (primary N) is 1. The predicted octanol–water partition coefficient (Wildman–Crippen LogP) is 1.12. The van der Waals surface area contributed by atoms with Crippen LogP contribution >= 0.6 is 11.8 Å². The molecule has 0 bridgehead atoms. The first-order chi connectivity index (χ1) is 7.85. The first-order valence-electron chi connectivity index (χ1n) is 5.23. The van der Waals surface area contributed by atoms with Crippen molar-refractivity contribution in [1.82, 2.24) is 15.4 Å². The highest BCUT2D eigenvalue weighted by Crippen LogP contribution is 2.18. The largest absolute Gasteiger partial charge is 0.455 e. The molecule has 3 N–H and O–H groups in total. The molecule has 1 aromatic rings. The molecule has 1 rings (SSSR count). The summed E-state index contributed by atoms with van der Waals surface area (Å²) in [6.45, 7) is 5.39. The molecule has 0 aromatic carbocycles. The summed E-state index contributed by atoms with van der Waals surface area (Å²) in [7, 11) is 0. The topological polar surface area (TPSA) is 93.9 Å². The van der Waals surface area contributed by atoms with Gasteiger partial charge in [0.2, 0.25) is 0 Å². The molecular formula is C10H18N4O2S. The third-order valence-corrected chi connectivity index (χ3v) is 2.56. The third-order valence-electron chi connectivity index (χ3n) is 1.86. The molecule has 0 aliphatic carbocycles. The average molecular weight is 258 g/mol. The number of ether oxygens (including phenoxy) is 1. The van der Waals surface area contributed by atoms with Crippen molar-refractivity contribution >= 4 is 17.7 Å². The minimum absolute atomic E-state index is 0.168. The van der Waals surface area contributed by atoms with Gasteiger partial charge in [-0.25, -0.2) is 4.79 Å². The molecular weight excluding hydrogens is 240 g/mol. The van der Waals surface area contributed by atoms with Gasteiger partial charge in [0.15, 0.2) is 5.69 Å². The van der Waals surface area contributed by atoms with E-state index in [1.165, 1.54) is 0 Å². The molecule has 1 atom stereocenters. The Morgan fingerprint density at radius 3 is 2.71 bits per heavy atom. The Bertz CT molecular complexity index is 386. The van der Waals surface area contributed by atoms with E-state index in [0.29, 0.717) is 11.4 Å². The Kier molecular flexibility index (Phi) is 4.53. The number of thioether (sulfide) groups is 1. The van der Waals surface area contributed by atoms with Crippen molar-refractivity contribution in [3.8, 4) is 0 Å². The van der Waals surface area contributed by atoms with Crippen LogP contribution < -0.4 is 5.73 Å². The maximum Gasteiger partial charge on any atom is 0.361 e. The molecule has 1 unspecified atom stereocenters. The fourth-order valence-corrected chi connectivity index (χ4v) is 1.75. The summed E-state index contributed by atoms with van der Waals surface area (Å²) in [6.07, 6.45) is 1.94. The first kappa shape index (κ1) is 14.0. The van der Waals surface area contributed by atoms with Crippen LogP contribution in [0.4, 0.5) is 0 Å². The van der Waals surface area contributed by atoms with Crippen LogP contribution in [0.15, 0.2) is 0 Å². The van der Waals surface area contributed by atoms with Crippen LogP contribution in [0.1, 0.15) is 43.0 Å². The highest BCUT2D eigenvalue weighted by Gasteiger charge is 2.26. The lowest BCUT2D eigenvalue weighted by Gasteiger charge is -2.19. The number of aromatic amines is 1. The van der Waals surface area contributed by atoms with E-state index in [2.05, 4.69) is 15.4 Å². The van der Waals surface area contributed by atoms with Gasteiger partial charge < -0.3 is 10.5 Å². The Balaban J connectivity index is 2.85. The Morgan fingerprint density at radius 2 is 2.18 bits per heavy atom. The first-order valence-corrected chi connectivity index (χ1v) is 6.63. The minimum atomic E-state index is -0.559. The zero-order valence-corrected chi connectivity index (χ0v) is 11.3. The van der Waals surface area contributed by atoms with Gasteiger partial charge in [0.25, 0.3) is 0 Å². The molecule has 1 aromatic heterocycles. The second kappa shape index (κ2) is 5.50. The Hall–Kier alpha value is -1.08. The van der Waals surface area contributed by atoms with Gasteiger partial charge in [-0.3, -0.25) is 0 Å². The molecule has 0 spiro atoms. The van der Waals surface area contributed by atoms with Crippen LogP contribution in [0.5, 0.6) is 0 Å². The third kappa shape index (κ3) is 4.01. The van der Waals surface area contributed by atoms with E-state index in [-0.39, 0.29) is 11.7 Å². The molecule has 1 heterocycles. The molecule has 17 heavy (non-hydrogen) atoms. The van der Waals surface area contributed by atoms with Crippen LogP contribution in [-0.4, -0.2) is 39.0 Å². The number of H-pyrrole nitrogens is 1. The number of carbonyl (C=O) groups is 1. The van der Waals surface area contributed by atoms with Crippen molar-refractivity contribution in [2.75, 3.05) is 12.0 Å². The zero-order valence-electron chi connectivity index (χ0n) is 10.5. The van der Waals surface area contributed by atoms with Crippen molar-refractivity contribution in [2.24, 2.45) is 5.73 Å². The van der Waals surface area contributed by atoms with E-state index < -0.39 is 11.6 Å². The number of hydrogen-bond acceptors (Lipinski definition) is 6. The molecule has 6 nitrogen and oxygen atoms in total. The number of carbonyl (C=O) groups excluding carboxylic acids is 1. The van der Waals surface area contributed by atoms with Gasteiger partial charge in [0.05, 0.1) is 6.04 Å². The maximum atomic E-state index is 11.8. The highest BCUT2D eigenvalue weighted by molar-refractivity contribution is 7.98. The van der Waals surface area contributed by atoms with Crippen LogP contribution in [0.25, 0.3) is 0 Å². The van der Waals surface area contributed by atoms with Crippen molar-refractivity contribution < 1.29 is 9.53 Å². The molecule has 7 heteroatoms. The number of nitrogens with zero attached hydrogens (tertiary/aromatic N) is 2. The standard InChI is InChI=1S/C10H18N4O2S/c1-10(2,3)16-9(15)8-7(12-14-13-8)6(11)5-17-4/h6H,5,11H2,1-4H3,(H,12,13,14). The SMILES string of the molecule is CSCC(N)c1n[nH]nc1C(=O)OC(C)(C)C. The van der Waals surface area contributed by atoms with E-state index >= 15 is 0 Å². The van der Waals surface area contributed by atoms with Crippen molar-refractivity contribution in [1.29, 1.82) is 0 Å². The minimum Gasteiger partial charge on any atom is -0.455 e. The number of esters is 1. The molecule has 0 saturated carbocycles. The fourth-order valence-electron chi connectivity index (χ4n) is 1.23. The Labute approximate surface area is 105 Å². The summed E-state index contributed by atoms with van der Waals surface area (Å²) in [5, 5.41) is 10.1. The van der Waals surface area contributed by atoms with Crippen molar-refractivity contribution in [3.63, 3.8) is 0 Å². The normalized spacial score (nSPS) is 13.5. The maximum absolute atomic E-state index is 11.8. The average Bonchev–Trinajstić information content (AvgIpc) is 2.63. The van der Waals surface area contributed by atoms with Gasteiger partial charge >= 0.3 is 5.97 Å². The molecule has 0 aliphatic heterocycles. The predicted molar refractivity (Wildman–Crippen MR) is 66.9 cm³/mol. The molecule has 96 valence electrons. The summed E-state index contributed by atoms with van der Waals surface area (Å²) in [6, 6.07) is -0.328. The van der Waals surface area contributed by atoms with E-state index in [0.717, 1.165) is 0 Å². The second-order valence-corrected chi connectivity index (χ2v) is 5.53. The zero-order chi connectivity index (χ0) is 13.1. The van der Waals surface area contributed by atoms with Gasteiger partial charge in [-0.1, -0.05) is 0 Å². The van der Waals surface area contributed by atoms with Crippen LogP contribution in [0.3, 0.4) is 0 Å². The Morgan fingerprint density at radius 1 is 1.53 bits per heavy atom. The highest BCUT2D eigenvalue weighted by atomic mass is 32.2. The summed E-state index contributed by atoms with van der Waals surface area (Å²) < 4.78 is 5.23. The molecule has 0 amide bonds. The number of aromatic nitrogens is 3. The number of hydrogen-bond donors (Lipinski definition) is 2. The lowest BCUT2D eigenvalue weighted by molar-refractivity contribution is 0.00611. The van der Waals surface area contributed by atoms with Crippen molar-refractivity contribution in [2.45, 2.75) is 32.4 Å². The van der Waals surface area contributed by atoms with Crippen LogP contribution in [-0.2, 0) is 4.74 Å². The van der Waals surface area contributed by atoms with E-state index in [1.807, 2.05) is 6.26 Å². The molecule has 0 saturated heterocycles. The lowest BCUT2D eigenvalue weighted by atomic mass is 10.1.